The number of hydrogen-bond acceptors (Lipinski definition) is 3. The van der Waals surface area contributed by atoms with E-state index < -0.39 is 11.9 Å². The van der Waals surface area contributed by atoms with Gasteiger partial charge in [0.15, 0.2) is 0 Å². The van der Waals surface area contributed by atoms with Gasteiger partial charge in [-0.15, -0.1) is 0 Å². The molecule has 1 amide bonds. The van der Waals surface area contributed by atoms with Crippen LogP contribution < -0.4 is 0 Å². The van der Waals surface area contributed by atoms with Gasteiger partial charge in [-0.05, 0) is 19.3 Å². The molecule has 1 heterocycles. The van der Waals surface area contributed by atoms with E-state index in [4.69, 9.17) is 10.2 Å². The number of carboxylic acid groups (broad SMARTS) is 1. The monoisotopic (exact) mass is 187 g/mol. The molecular formula is C8H13NO4. The zero-order valence-electron chi connectivity index (χ0n) is 7.27. The first-order chi connectivity index (χ1) is 6.16. The van der Waals surface area contributed by atoms with Gasteiger partial charge in [0.1, 0.15) is 0 Å². The van der Waals surface area contributed by atoms with Gasteiger partial charge in [0.25, 0.3) is 0 Å². The molecule has 5 nitrogen and oxygen atoms in total. The summed E-state index contributed by atoms with van der Waals surface area (Å²) in [7, 11) is 0. The van der Waals surface area contributed by atoms with Crippen molar-refractivity contribution in [3.05, 3.63) is 0 Å². The summed E-state index contributed by atoms with van der Waals surface area (Å²) >= 11 is 0. The van der Waals surface area contributed by atoms with Gasteiger partial charge in [0, 0.05) is 6.54 Å². The molecule has 0 radical (unpaired) electrons. The highest BCUT2D eigenvalue weighted by Crippen LogP contribution is 2.16. The quantitative estimate of drug-likeness (QED) is 0.540. The maximum atomic E-state index is 11.1. The van der Waals surface area contributed by atoms with E-state index in [9.17, 15) is 9.59 Å². The summed E-state index contributed by atoms with van der Waals surface area (Å²) in [4.78, 5) is 22.7. The highest BCUT2D eigenvalue weighted by atomic mass is 16.4. The van der Waals surface area contributed by atoms with Crippen molar-refractivity contribution in [3.8, 4) is 0 Å². The Hall–Kier alpha value is -1.10. The minimum Gasteiger partial charge on any atom is -0.474 e. The molecule has 13 heavy (non-hydrogen) atoms. The molecule has 0 spiro atoms. The molecule has 2 N–H and O–H groups in total. The zero-order valence-corrected chi connectivity index (χ0v) is 7.27. The lowest BCUT2D eigenvalue weighted by Crippen LogP contribution is -2.48. The fraction of sp³-hybridized carbons (Fsp3) is 0.750. The normalized spacial score (nSPS) is 22.8. The third kappa shape index (κ3) is 2.18. The summed E-state index contributed by atoms with van der Waals surface area (Å²) in [5.41, 5.74) is 0. The lowest BCUT2D eigenvalue weighted by molar-refractivity contribution is -0.158. The number of aliphatic hydroxyl groups is 1. The van der Waals surface area contributed by atoms with Gasteiger partial charge in [0.2, 0.25) is 0 Å². The molecule has 5 heteroatoms. The average molecular weight is 187 g/mol. The predicted octanol–water partition coefficient (Wildman–Crippen LogP) is -0.556. The number of likely N-dealkylation sites (tertiary alicyclic amines) is 1. The SMILES string of the molecule is O=C(O)C(=O)N1CCCCC1CO. The molecule has 0 saturated carbocycles. The summed E-state index contributed by atoms with van der Waals surface area (Å²) in [6.07, 6.45) is 2.44. The smallest absolute Gasteiger partial charge is 0.394 e. The fourth-order valence-electron chi connectivity index (χ4n) is 1.58. The summed E-state index contributed by atoms with van der Waals surface area (Å²) < 4.78 is 0. The number of nitrogens with zero attached hydrogens (tertiary/aromatic N) is 1. The van der Waals surface area contributed by atoms with Crippen molar-refractivity contribution in [1.29, 1.82) is 0 Å². The van der Waals surface area contributed by atoms with Crippen LogP contribution in [0, 0.1) is 0 Å². The first-order valence-electron chi connectivity index (χ1n) is 4.31. The van der Waals surface area contributed by atoms with Crippen LogP contribution in [-0.4, -0.2) is 46.2 Å². The number of hydrogen-bond donors (Lipinski definition) is 2. The molecule has 1 fully saturated rings. The lowest BCUT2D eigenvalue weighted by Gasteiger charge is -2.33. The highest BCUT2D eigenvalue weighted by molar-refractivity contribution is 6.31. The minimum absolute atomic E-state index is 0.154. The van der Waals surface area contributed by atoms with Crippen molar-refractivity contribution >= 4 is 11.9 Å². The Morgan fingerprint density at radius 3 is 2.62 bits per heavy atom. The number of aliphatic carboxylic acids is 1. The third-order valence-electron chi connectivity index (χ3n) is 2.28. The molecule has 0 bridgehead atoms. The molecule has 1 unspecified atom stereocenters. The number of piperidine rings is 1. The van der Waals surface area contributed by atoms with Crippen molar-refractivity contribution in [2.45, 2.75) is 25.3 Å². The summed E-state index contributed by atoms with van der Waals surface area (Å²) in [5.74, 6) is -2.35. The van der Waals surface area contributed by atoms with Gasteiger partial charge >= 0.3 is 11.9 Å². The summed E-state index contributed by atoms with van der Waals surface area (Å²) in [6.45, 7) is 0.287. The van der Waals surface area contributed by atoms with Gasteiger partial charge in [-0.3, -0.25) is 4.79 Å². The fourth-order valence-corrected chi connectivity index (χ4v) is 1.58. The van der Waals surface area contributed by atoms with E-state index in [0.29, 0.717) is 13.0 Å². The molecule has 1 saturated heterocycles. The standard InChI is InChI=1S/C8H13NO4/c10-5-6-3-1-2-4-9(6)7(11)8(12)13/h6,10H,1-5H2,(H,12,13). The van der Waals surface area contributed by atoms with E-state index in [1.54, 1.807) is 0 Å². The second kappa shape index (κ2) is 4.23. The van der Waals surface area contributed by atoms with Crippen molar-refractivity contribution < 1.29 is 19.8 Å². The molecule has 1 rings (SSSR count). The van der Waals surface area contributed by atoms with E-state index in [0.717, 1.165) is 12.8 Å². The molecular weight excluding hydrogens is 174 g/mol. The number of carbonyl (C=O) groups is 2. The second-order valence-electron chi connectivity index (χ2n) is 3.14. The maximum absolute atomic E-state index is 11.1. The van der Waals surface area contributed by atoms with Gasteiger partial charge in [0.05, 0.1) is 12.6 Å². The predicted molar refractivity (Wildman–Crippen MR) is 44.1 cm³/mol. The van der Waals surface area contributed by atoms with Crippen LogP contribution in [0.1, 0.15) is 19.3 Å². The highest BCUT2D eigenvalue weighted by Gasteiger charge is 2.29. The van der Waals surface area contributed by atoms with E-state index in [1.165, 1.54) is 4.90 Å². The first-order valence-corrected chi connectivity index (χ1v) is 4.31. The van der Waals surface area contributed by atoms with Crippen molar-refractivity contribution in [1.82, 2.24) is 4.90 Å². The first kappa shape index (κ1) is 9.98. The Labute approximate surface area is 76.0 Å². The van der Waals surface area contributed by atoms with Crippen molar-refractivity contribution in [2.75, 3.05) is 13.2 Å². The van der Waals surface area contributed by atoms with Crippen molar-refractivity contribution in [3.63, 3.8) is 0 Å². The Morgan fingerprint density at radius 1 is 1.38 bits per heavy atom. The molecule has 0 aromatic carbocycles. The van der Waals surface area contributed by atoms with E-state index in [-0.39, 0.29) is 12.6 Å². The number of carbonyl (C=O) groups excluding carboxylic acids is 1. The number of aliphatic hydroxyl groups excluding tert-OH is 1. The Bertz CT molecular complexity index is 216. The molecule has 1 atom stereocenters. The van der Waals surface area contributed by atoms with Crippen LogP contribution in [0.2, 0.25) is 0 Å². The summed E-state index contributed by atoms with van der Waals surface area (Å²) in [5, 5.41) is 17.4. The molecule has 74 valence electrons. The third-order valence-corrected chi connectivity index (χ3v) is 2.28. The van der Waals surface area contributed by atoms with Gasteiger partial charge in [-0.1, -0.05) is 0 Å². The van der Waals surface area contributed by atoms with Crippen LogP contribution in [-0.2, 0) is 9.59 Å². The average Bonchev–Trinajstić information content (AvgIpc) is 2.16. The second-order valence-corrected chi connectivity index (χ2v) is 3.14. The van der Waals surface area contributed by atoms with Crippen molar-refractivity contribution in [2.24, 2.45) is 0 Å². The zero-order chi connectivity index (χ0) is 9.84. The minimum atomic E-state index is -1.44. The van der Waals surface area contributed by atoms with Gasteiger partial charge in [-0.2, -0.15) is 0 Å². The van der Waals surface area contributed by atoms with Crippen LogP contribution in [0.15, 0.2) is 0 Å². The Balaban J connectivity index is 2.64. The van der Waals surface area contributed by atoms with Crippen LogP contribution >= 0.6 is 0 Å². The van der Waals surface area contributed by atoms with Gasteiger partial charge < -0.3 is 15.1 Å². The van der Waals surface area contributed by atoms with E-state index in [1.807, 2.05) is 0 Å². The maximum Gasteiger partial charge on any atom is 0.394 e. The molecule has 0 aromatic heterocycles. The number of carboxylic acids is 1. The summed E-state index contributed by atoms with van der Waals surface area (Å²) in [6, 6.07) is -0.308. The van der Waals surface area contributed by atoms with Gasteiger partial charge in [-0.25, -0.2) is 4.79 Å². The molecule has 0 aliphatic carbocycles. The molecule has 1 aliphatic rings. The Kier molecular flexibility index (Phi) is 3.25. The lowest BCUT2D eigenvalue weighted by atomic mass is 10.0. The molecule has 1 aliphatic heterocycles. The van der Waals surface area contributed by atoms with E-state index in [2.05, 4.69) is 0 Å². The van der Waals surface area contributed by atoms with Crippen LogP contribution in [0.4, 0.5) is 0 Å². The van der Waals surface area contributed by atoms with Crippen LogP contribution in [0.25, 0.3) is 0 Å². The van der Waals surface area contributed by atoms with Crippen LogP contribution in [0.3, 0.4) is 0 Å². The largest absolute Gasteiger partial charge is 0.474 e. The topological polar surface area (TPSA) is 77.8 Å². The Morgan fingerprint density at radius 2 is 2.08 bits per heavy atom. The number of rotatable bonds is 1. The number of amides is 1. The van der Waals surface area contributed by atoms with Crippen LogP contribution in [0.5, 0.6) is 0 Å². The van der Waals surface area contributed by atoms with E-state index >= 15 is 0 Å². The molecule has 0 aromatic rings.